The number of nitrogens with zero attached hydrogens (tertiary/aromatic N) is 1. The predicted molar refractivity (Wildman–Crippen MR) is 74.4 cm³/mol. The molecule has 1 fully saturated rings. The molecule has 2 rings (SSSR count). The van der Waals surface area contributed by atoms with Gasteiger partial charge in [-0.05, 0) is 36.5 Å². The van der Waals surface area contributed by atoms with Crippen LogP contribution in [0.25, 0.3) is 0 Å². The Labute approximate surface area is 115 Å². The van der Waals surface area contributed by atoms with E-state index < -0.39 is 16.1 Å². The van der Waals surface area contributed by atoms with Crippen molar-refractivity contribution >= 4 is 10.0 Å². The van der Waals surface area contributed by atoms with E-state index in [0.29, 0.717) is 23.8 Å². The molecule has 1 heterocycles. The molecule has 1 atom stereocenters. The second-order valence-corrected chi connectivity index (χ2v) is 7.49. The van der Waals surface area contributed by atoms with Crippen molar-refractivity contribution in [1.29, 1.82) is 0 Å². The van der Waals surface area contributed by atoms with Crippen LogP contribution in [0.2, 0.25) is 0 Å². The van der Waals surface area contributed by atoms with Crippen molar-refractivity contribution in [2.75, 3.05) is 13.1 Å². The van der Waals surface area contributed by atoms with Gasteiger partial charge in [-0.2, -0.15) is 4.31 Å². The van der Waals surface area contributed by atoms with E-state index in [9.17, 15) is 13.5 Å². The second kappa shape index (κ2) is 5.61. The molecule has 106 valence electrons. The van der Waals surface area contributed by atoms with Crippen LogP contribution in [-0.4, -0.2) is 37.0 Å². The van der Waals surface area contributed by atoms with Crippen LogP contribution in [-0.2, 0) is 16.4 Å². The number of aliphatic hydroxyl groups excluding tert-OH is 1. The molecule has 0 amide bonds. The van der Waals surface area contributed by atoms with Gasteiger partial charge in [0.05, 0.1) is 11.0 Å². The van der Waals surface area contributed by atoms with E-state index in [4.69, 9.17) is 0 Å². The van der Waals surface area contributed by atoms with E-state index in [2.05, 4.69) is 13.8 Å². The molecule has 1 aliphatic heterocycles. The van der Waals surface area contributed by atoms with E-state index in [1.807, 2.05) is 12.1 Å². The minimum atomic E-state index is -3.44. The number of sulfonamides is 1. The van der Waals surface area contributed by atoms with Crippen molar-refractivity contribution in [2.45, 2.75) is 37.7 Å². The van der Waals surface area contributed by atoms with Crippen molar-refractivity contribution in [2.24, 2.45) is 5.92 Å². The van der Waals surface area contributed by atoms with Gasteiger partial charge in [0, 0.05) is 13.1 Å². The van der Waals surface area contributed by atoms with E-state index in [1.165, 1.54) is 4.31 Å². The minimum absolute atomic E-state index is 0.204. The lowest BCUT2D eigenvalue weighted by Gasteiger charge is -2.16. The molecule has 19 heavy (non-hydrogen) atoms. The Balaban J connectivity index is 2.17. The van der Waals surface area contributed by atoms with Gasteiger partial charge in [-0.1, -0.05) is 26.0 Å². The van der Waals surface area contributed by atoms with Gasteiger partial charge in [0.15, 0.2) is 0 Å². The Morgan fingerprint density at radius 2 is 1.95 bits per heavy atom. The third-order valence-electron chi connectivity index (χ3n) is 3.33. The highest BCUT2D eigenvalue weighted by molar-refractivity contribution is 7.89. The van der Waals surface area contributed by atoms with Crippen LogP contribution < -0.4 is 0 Å². The molecule has 0 unspecified atom stereocenters. The fourth-order valence-electron chi connectivity index (χ4n) is 2.35. The van der Waals surface area contributed by atoms with E-state index >= 15 is 0 Å². The summed E-state index contributed by atoms with van der Waals surface area (Å²) in [6.45, 7) is 4.87. The van der Waals surface area contributed by atoms with Gasteiger partial charge < -0.3 is 5.11 Å². The van der Waals surface area contributed by atoms with Crippen LogP contribution in [0.3, 0.4) is 0 Å². The zero-order valence-electron chi connectivity index (χ0n) is 11.4. The minimum Gasteiger partial charge on any atom is -0.392 e. The van der Waals surface area contributed by atoms with Gasteiger partial charge in [0.25, 0.3) is 0 Å². The second-order valence-electron chi connectivity index (χ2n) is 5.55. The summed E-state index contributed by atoms with van der Waals surface area (Å²) in [7, 11) is -3.44. The van der Waals surface area contributed by atoms with Crippen LogP contribution in [0, 0.1) is 5.92 Å². The topological polar surface area (TPSA) is 57.6 Å². The zero-order chi connectivity index (χ0) is 14.0. The molecule has 0 bridgehead atoms. The molecule has 5 heteroatoms. The predicted octanol–water partition coefficient (Wildman–Crippen LogP) is 1.64. The maximum Gasteiger partial charge on any atom is 0.243 e. The zero-order valence-corrected chi connectivity index (χ0v) is 12.2. The fraction of sp³-hybridized carbons (Fsp3) is 0.571. The third kappa shape index (κ3) is 3.35. The lowest BCUT2D eigenvalue weighted by Crippen LogP contribution is -2.29. The molecule has 1 N–H and O–H groups in total. The third-order valence-corrected chi connectivity index (χ3v) is 5.21. The molecule has 1 aliphatic rings. The molecular formula is C14H21NO3S. The van der Waals surface area contributed by atoms with Gasteiger partial charge >= 0.3 is 0 Å². The summed E-state index contributed by atoms with van der Waals surface area (Å²) >= 11 is 0. The highest BCUT2D eigenvalue weighted by Crippen LogP contribution is 2.21. The van der Waals surface area contributed by atoms with Crippen molar-refractivity contribution in [3.05, 3.63) is 29.8 Å². The van der Waals surface area contributed by atoms with Gasteiger partial charge in [-0.15, -0.1) is 0 Å². The molecular weight excluding hydrogens is 262 g/mol. The standard InChI is InChI=1S/C14H21NO3S/c1-11(2)9-12-3-5-14(6-4-12)19(17,18)15-8-7-13(16)10-15/h3-6,11,13,16H,7-10H2,1-2H3/t13-/m0/s1. The highest BCUT2D eigenvalue weighted by Gasteiger charge is 2.31. The molecule has 4 nitrogen and oxygen atoms in total. The molecule has 1 aromatic carbocycles. The highest BCUT2D eigenvalue weighted by atomic mass is 32.2. The van der Waals surface area contributed by atoms with Gasteiger partial charge in [0.2, 0.25) is 10.0 Å². The van der Waals surface area contributed by atoms with Crippen molar-refractivity contribution < 1.29 is 13.5 Å². The summed E-state index contributed by atoms with van der Waals surface area (Å²) in [4.78, 5) is 0.314. The largest absolute Gasteiger partial charge is 0.392 e. The molecule has 1 saturated heterocycles. The van der Waals surface area contributed by atoms with Crippen LogP contribution in [0.5, 0.6) is 0 Å². The first kappa shape index (κ1) is 14.5. The Morgan fingerprint density at radius 1 is 1.32 bits per heavy atom. The summed E-state index contributed by atoms with van der Waals surface area (Å²) < 4.78 is 26.0. The number of benzene rings is 1. The Morgan fingerprint density at radius 3 is 2.42 bits per heavy atom. The Hall–Kier alpha value is -0.910. The van der Waals surface area contributed by atoms with Crippen molar-refractivity contribution in [1.82, 2.24) is 4.31 Å². The fourth-order valence-corrected chi connectivity index (χ4v) is 3.84. The number of aliphatic hydroxyl groups is 1. The summed E-state index contributed by atoms with van der Waals surface area (Å²) in [6.07, 6.45) is 0.933. The van der Waals surface area contributed by atoms with Crippen LogP contribution >= 0.6 is 0 Å². The number of β-amino-alcohol motifs (C(OH)–C–C–N with tert-alkyl or cyclic N) is 1. The van der Waals surface area contributed by atoms with Crippen LogP contribution in [0.4, 0.5) is 0 Å². The monoisotopic (exact) mass is 283 g/mol. The Kier molecular flexibility index (Phi) is 4.28. The first-order chi connectivity index (χ1) is 8.89. The maximum absolute atomic E-state index is 12.3. The number of hydrogen-bond donors (Lipinski definition) is 1. The molecule has 0 spiro atoms. The van der Waals surface area contributed by atoms with Crippen molar-refractivity contribution in [3.8, 4) is 0 Å². The smallest absolute Gasteiger partial charge is 0.243 e. The van der Waals surface area contributed by atoms with Gasteiger partial charge in [-0.25, -0.2) is 8.42 Å². The molecule has 1 aromatic rings. The lowest BCUT2D eigenvalue weighted by molar-refractivity contribution is 0.189. The van der Waals surface area contributed by atoms with Crippen LogP contribution in [0.15, 0.2) is 29.2 Å². The maximum atomic E-state index is 12.3. The van der Waals surface area contributed by atoms with E-state index in [1.54, 1.807) is 12.1 Å². The summed E-state index contributed by atoms with van der Waals surface area (Å²) in [6, 6.07) is 7.08. The quantitative estimate of drug-likeness (QED) is 0.914. The average Bonchev–Trinajstić information content (AvgIpc) is 2.76. The van der Waals surface area contributed by atoms with Crippen molar-refractivity contribution in [3.63, 3.8) is 0 Å². The molecule has 0 aromatic heterocycles. The van der Waals surface area contributed by atoms with Crippen LogP contribution in [0.1, 0.15) is 25.8 Å². The molecule has 0 aliphatic carbocycles. The normalized spacial score (nSPS) is 21.2. The summed E-state index contributed by atoms with van der Waals surface area (Å²) in [5, 5.41) is 9.45. The first-order valence-electron chi connectivity index (χ1n) is 6.67. The van der Waals surface area contributed by atoms with E-state index in [0.717, 1.165) is 12.0 Å². The average molecular weight is 283 g/mol. The SMILES string of the molecule is CC(C)Cc1ccc(S(=O)(=O)N2CC[C@H](O)C2)cc1. The summed E-state index contributed by atoms with van der Waals surface area (Å²) in [5.41, 5.74) is 1.15. The Bertz CT molecular complexity index is 522. The molecule has 0 saturated carbocycles. The van der Waals surface area contributed by atoms with Gasteiger partial charge in [0.1, 0.15) is 0 Å². The number of hydrogen-bond acceptors (Lipinski definition) is 3. The van der Waals surface area contributed by atoms with Gasteiger partial charge in [-0.3, -0.25) is 0 Å². The molecule has 0 radical (unpaired) electrons. The van der Waals surface area contributed by atoms with E-state index in [-0.39, 0.29) is 6.54 Å². The number of rotatable bonds is 4. The first-order valence-corrected chi connectivity index (χ1v) is 8.11. The lowest BCUT2D eigenvalue weighted by atomic mass is 10.0. The summed E-state index contributed by atoms with van der Waals surface area (Å²) in [5.74, 6) is 0.552.